The third kappa shape index (κ3) is 6.73. The summed E-state index contributed by atoms with van der Waals surface area (Å²) in [6.45, 7) is 5.03. The number of carbonyl (C=O) groups excluding carboxylic acids is 2. The molecule has 0 aromatic heterocycles. The van der Waals surface area contributed by atoms with E-state index in [2.05, 4.69) is 15.4 Å². The van der Waals surface area contributed by atoms with Crippen LogP contribution in [0.1, 0.15) is 20.8 Å². The predicted molar refractivity (Wildman–Crippen MR) is 54.3 cm³/mol. The normalized spacial score (nSPS) is 12.9. The van der Waals surface area contributed by atoms with Crippen molar-refractivity contribution in [3.63, 3.8) is 0 Å². The van der Waals surface area contributed by atoms with Gasteiger partial charge in [0, 0.05) is 12.6 Å². The first kappa shape index (κ1) is 13.7. The lowest BCUT2D eigenvalue weighted by Gasteiger charge is -2.20. The van der Waals surface area contributed by atoms with Crippen LogP contribution in [0.5, 0.6) is 0 Å². The highest BCUT2D eigenvalue weighted by Gasteiger charge is 2.18. The van der Waals surface area contributed by atoms with Gasteiger partial charge in [0.25, 0.3) is 5.91 Å². The third-order valence-electron chi connectivity index (χ3n) is 1.40. The summed E-state index contributed by atoms with van der Waals surface area (Å²) in [5, 5.41) is 13.9. The Hall–Kier alpha value is -1.30. The van der Waals surface area contributed by atoms with Crippen molar-refractivity contribution in [2.75, 3.05) is 13.7 Å². The fourth-order valence-corrected chi connectivity index (χ4v) is 0.739. The Balaban J connectivity index is 3.86. The summed E-state index contributed by atoms with van der Waals surface area (Å²) in [6.07, 6.45) is -1.99. The largest absolute Gasteiger partial charge is 0.446 e. The van der Waals surface area contributed by atoms with Crippen LogP contribution < -0.4 is 10.6 Å². The second-order valence-electron chi connectivity index (χ2n) is 4.10. The molecule has 88 valence electrons. The quantitative estimate of drug-likeness (QED) is 0.602. The van der Waals surface area contributed by atoms with Gasteiger partial charge in [0.05, 0.1) is 0 Å². The summed E-state index contributed by atoms with van der Waals surface area (Å²) in [5.74, 6) is -0.585. The van der Waals surface area contributed by atoms with E-state index in [0.717, 1.165) is 0 Å². The van der Waals surface area contributed by atoms with Crippen LogP contribution >= 0.6 is 0 Å². The van der Waals surface area contributed by atoms with Gasteiger partial charge in [-0.05, 0) is 20.8 Å². The van der Waals surface area contributed by atoms with Gasteiger partial charge in [-0.3, -0.25) is 4.79 Å². The predicted octanol–water partition coefficient (Wildman–Crippen LogP) is -0.382. The Morgan fingerprint density at radius 1 is 1.40 bits per heavy atom. The minimum absolute atomic E-state index is 0.360. The van der Waals surface area contributed by atoms with Gasteiger partial charge in [-0.2, -0.15) is 0 Å². The van der Waals surface area contributed by atoms with Gasteiger partial charge in [-0.1, -0.05) is 0 Å². The zero-order chi connectivity index (χ0) is 12.1. The van der Waals surface area contributed by atoms with Crippen molar-refractivity contribution in [1.29, 1.82) is 0 Å². The SMILES string of the molecule is CNC(=O)C(O)COC(=O)NC(C)(C)C. The first-order valence-corrected chi connectivity index (χ1v) is 4.61. The van der Waals surface area contributed by atoms with E-state index in [1.807, 2.05) is 0 Å². The molecule has 1 unspecified atom stereocenters. The summed E-state index contributed by atoms with van der Waals surface area (Å²) in [7, 11) is 1.39. The van der Waals surface area contributed by atoms with Crippen molar-refractivity contribution in [1.82, 2.24) is 10.6 Å². The lowest BCUT2D eigenvalue weighted by molar-refractivity contribution is -0.130. The number of ether oxygens (including phenoxy) is 1. The van der Waals surface area contributed by atoms with Gasteiger partial charge >= 0.3 is 6.09 Å². The highest BCUT2D eigenvalue weighted by atomic mass is 16.6. The number of aliphatic hydroxyl groups excluding tert-OH is 1. The van der Waals surface area contributed by atoms with Gasteiger partial charge in [-0.25, -0.2) is 4.79 Å². The van der Waals surface area contributed by atoms with Gasteiger partial charge in [0.2, 0.25) is 0 Å². The van der Waals surface area contributed by atoms with Gasteiger partial charge < -0.3 is 20.5 Å². The molecule has 6 heteroatoms. The molecule has 2 amide bonds. The molecular formula is C9H18N2O4. The Kier molecular flexibility index (Phi) is 5.07. The third-order valence-corrected chi connectivity index (χ3v) is 1.40. The smallest absolute Gasteiger partial charge is 0.407 e. The molecule has 0 saturated carbocycles. The van der Waals surface area contributed by atoms with E-state index in [0.29, 0.717) is 0 Å². The molecule has 0 aromatic carbocycles. The van der Waals surface area contributed by atoms with Crippen LogP contribution in [0.25, 0.3) is 0 Å². The molecule has 0 bridgehead atoms. The molecule has 0 aliphatic heterocycles. The molecule has 6 nitrogen and oxygen atoms in total. The monoisotopic (exact) mass is 218 g/mol. The number of rotatable bonds is 3. The van der Waals surface area contributed by atoms with Crippen LogP contribution in [-0.4, -0.2) is 42.4 Å². The second-order valence-corrected chi connectivity index (χ2v) is 4.10. The van der Waals surface area contributed by atoms with E-state index in [1.54, 1.807) is 20.8 Å². The second kappa shape index (κ2) is 5.55. The molecule has 1 atom stereocenters. The Morgan fingerprint density at radius 2 is 1.93 bits per heavy atom. The molecule has 0 fully saturated rings. The molecule has 0 aliphatic carbocycles. The average Bonchev–Trinajstić information content (AvgIpc) is 2.10. The van der Waals surface area contributed by atoms with E-state index in [1.165, 1.54) is 7.05 Å². The van der Waals surface area contributed by atoms with E-state index in [4.69, 9.17) is 5.11 Å². The molecule has 0 aromatic rings. The standard InChI is InChI=1S/C9H18N2O4/c1-9(2,3)11-8(14)15-5-6(12)7(13)10-4/h6,12H,5H2,1-4H3,(H,10,13)(H,11,14). The van der Waals surface area contributed by atoms with Crippen molar-refractivity contribution in [2.24, 2.45) is 0 Å². The van der Waals surface area contributed by atoms with Crippen LogP contribution in [0.15, 0.2) is 0 Å². The minimum atomic E-state index is -1.33. The first-order chi connectivity index (χ1) is 6.76. The minimum Gasteiger partial charge on any atom is -0.446 e. The molecular weight excluding hydrogens is 200 g/mol. The lowest BCUT2D eigenvalue weighted by atomic mass is 10.1. The number of hydrogen-bond donors (Lipinski definition) is 3. The summed E-state index contributed by atoms with van der Waals surface area (Å²) in [4.78, 5) is 21.9. The van der Waals surface area contributed by atoms with E-state index < -0.39 is 23.6 Å². The summed E-state index contributed by atoms with van der Waals surface area (Å²) in [6, 6.07) is 0. The summed E-state index contributed by atoms with van der Waals surface area (Å²) in [5.41, 5.74) is -0.408. The summed E-state index contributed by atoms with van der Waals surface area (Å²) < 4.78 is 4.64. The zero-order valence-corrected chi connectivity index (χ0v) is 9.46. The highest BCUT2D eigenvalue weighted by molar-refractivity contribution is 5.80. The number of aliphatic hydroxyl groups is 1. The number of alkyl carbamates (subject to hydrolysis) is 1. The topological polar surface area (TPSA) is 87.7 Å². The number of amides is 2. The van der Waals surface area contributed by atoms with Crippen molar-refractivity contribution < 1.29 is 19.4 Å². The maximum Gasteiger partial charge on any atom is 0.407 e. The molecule has 3 N–H and O–H groups in total. The molecule has 0 radical (unpaired) electrons. The number of nitrogens with one attached hydrogen (secondary N) is 2. The van der Waals surface area contributed by atoms with Gasteiger partial charge in [-0.15, -0.1) is 0 Å². The molecule has 0 saturated heterocycles. The van der Waals surface area contributed by atoms with Crippen LogP contribution in [0.2, 0.25) is 0 Å². The lowest BCUT2D eigenvalue weighted by Crippen LogP contribution is -2.43. The Morgan fingerprint density at radius 3 is 2.33 bits per heavy atom. The maximum absolute atomic E-state index is 11.1. The number of likely N-dealkylation sites (N-methyl/N-ethyl adjacent to an activating group) is 1. The van der Waals surface area contributed by atoms with Crippen molar-refractivity contribution >= 4 is 12.0 Å². The van der Waals surface area contributed by atoms with Crippen molar-refractivity contribution in [3.05, 3.63) is 0 Å². The first-order valence-electron chi connectivity index (χ1n) is 4.61. The van der Waals surface area contributed by atoms with Crippen LogP contribution in [0, 0.1) is 0 Å². The number of carbonyl (C=O) groups is 2. The van der Waals surface area contributed by atoms with Gasteiger partial charge in [0.15, 0.2) is 6.10 Å². The van der Waals surface area contributed by atoms with E-state index >= 15 is 0 Å². The number of hydrogen-bond acceptors (Lipinski definition) is 4. The average molecular weight is 218 g/mol. The maximum atomic E-state index is 11.1. The van der Waals surface area contributed by atoms with E-state index in [9.17, 15) is 9.59 Å². The van der Waals surface area contributed by atoms with Crippen molar-refractivity contribution in [3.8, 4) is 0 Å². The Bertz CT molecular complexity index is 235. The van der Waals surface area contributed by atoms with Crippen LogP contribution in [-0.2, 0) is 9.53 Å². The fourth-order valence-electron chi connectivity index (χ4n) is 0.739. The van der Waals surface area contributed by atoms with Gasteiger partial charge in [0.1, 0.15) is 6.61 Å². The molecule has 0 rings (SSSR count). The molecule has 0 heterocycles. The van der Waals surface area contributed by atoms with Crippen molar-refractivity contribution in [2.45, 2.75) is 32.4 Å². The fraction of sp³-hybridized carbons (Fsp3) is 0.778. The molecule has 15 heavy (non-hydrogen) atoms. The summed E-state index contributed by atoms with van der Waals surface area (Å²) >= 11 is 0. The zero-order valence-electron chi connectivity index (χ0n) is 9.46. The Labute approximate surface area is 89.0 Å². The highest BCUT2D eigenvalue weighted by Crippen LogP contribution is 1.99. The van der Waals surface area contributed by atoms with E-state index in [-0.39, 0.29) is 6.61 Å². The van der Waals surface area contributed by atoms with Crippen LogP contribution in [0.4, 0.5) is 4.79 Å². The molecule has 0 aliphatic rings. The van der Waals surface area contributed by atoms with Crippen LogP contribution in [0.3, 0.4) is 0 Å². The molecule has 0 spiro atoms.